The van der Waals surface area contributed by atoms with Gasteiger partial charge >= 0.3 is 0 Å². The van der Waals surface area contributed by atoms with Gasteiger partial charge in [0.25, 0.3) is 5.91 Å². The SMILES string of the molecule is O=C(NC(C1CC1)C1CC1)c1cc(F)cc(Br)c1. The van der Waals surface area contributed by atoms with Crippen molar-refractivity contribution in [3.8, 4) is 0 Å². The standard InChI is InChI=1S/C14H15BrFNO/c15-11-5-10(6-12(16)7-11)14(18)17-13(8-1-2-8)9-3-4-9/h5-9,13H,1-4H2,(H,17,18). The van der Waals surface area contributed by atoms with Crippen LogP contribution in [-0.4, -0.2) is 11.9 Å². The number of carbonyl (C=O) groups excluding carboxylic acids is 1. The third-order valence-corrected chi connectivity index (χ3v) is 4.14. The van der Waals surface area contributed by atoms with Crippen molar-refractivity contribution in [3.63, 3.8) is 0 Å². The second-order valence-electron chi connectivity index (χ2n) is 5.33. The summed E-state index contributed by atoms with van der Waals surface area (Å²) in [5, 5.41) is 3.09. The van der Waals surface area contributed by atoms with E-state index >= 15 is 0 Å². The van der Waals surface area contributed by atoms with E-state index in [1.54, 1.807) is 6.07 Å². The van der Waals surface area contributed by atoms with E-state index in [1.165, 1.54) is 37.8 Å². The summed E-state index contributed by atoms with van der Waals surface area (Å²) < 4.78 is 13.9. The predicted octanol–water partition coefficient (Wildman–Crippen LogP) is 3.51. The Morgan fingerprint density at radius 2 is 1.83 bits per heavy atom. The van der Waals surface area contributed by atoms with Crippen LogP contribution in [0.4, 0.5) is 4.39 Å². The minimum absolute atomic E-state index is 0.154. The first-order valence-corrected chi connectivity index (χ1v) is 7.20. The smallest absolute Gasteiger partial charge is 0.251 e. The lowest BCUT2D eigenvalue weighted by Crippen LogP contribution is -2.38. The van der Waals surface area contributed by atoms with Crippen molar-refractivity contribution in [1.29, 1.82) is 0 Å². The van der Waals surface area contributed by atoms with Crippen LogP contribution in [-0.2, 0) is 0 Å². The summed E-state index contributed by atoms with van der Waals surface area (Å²) in [5.41, 5.74) is 0.396. The molecule has 0 saturated heterocycles. The monoisotopic (exact) mass is 311 g/mol. The number of hydrogen-bond donors (Lipinski definition) is 1. The molecule has 0 aliphatic heterocycles. The van der Waals surface area contributed by atoms with Crippen LogP contribution in [0.2, 0.25) is 0 Å². The van der Waals surface area contributed by atoms with Gasteiger partial charge in [-0.1, -0.05) is 15.9 Å². The van der Waals surface area contributed by atoms with Gasteiger partial charge in [0, 0.05) is 16.1 Å². The minimum Gasteiger partial charge on any atom is -0.349 e. The van der Waals surface area contributed by atoms with Crippen molar-refractivity contribution >= 4 is 21.8 Å². The maximum atomic E-state index is 13.3. The molecule has 2 nitrogen and oxygen atoms in total. The maximum Gasteiger partial charge on any atom is 0.251 e. The Labute approximate surface area is 114 Å². The predicted molar refractivity (Wildman–Crippen MR) is 70.8 cm³/mol. The number of halogens is 2. The number of amides is 1. The Bertz CT molecular complexity index is 450. The van der Waals surface area contributed by atoms with Crippen LogP contribution in [0.1, 0.15) is 36.0 Å². The van der Waals surface area contributed by atoms with Gasteiger partial charge in [-0.2, -0.15) is 0 Å². The fourth-order valence-electron chi connectivity index (χ4n) is 2.45. The molecule has 1 aromatic carbocycles. The van der Waals surface area contributed by atoms with E-state index in [-0.39, 0.29) is 11.7 Å². The van der Waals surface area contributed by atoms with Crippen LogP contribution in [0.25, 0.3) is 0 Å². The molecule has 0 heterocycles. The second-order valence-corrected chi connectivity index (χ2v) is 6.25. The van der Waals surface area contributed by atoms with Crippen molar-refractivity contribution < 1.29 is 9.18 Å². The van der Waals surface area contributed by atoms with E-state index in [4.69, 9.17) is 0 Å². The van der Waals surface area contributed by atoms with Crippen LogP contribution in [0, 0.1) is 17.7 Å². The second kappa shape index (κ2) is 4.65. The molecule has 0 unspecified atom stereocenters. The number of hydrogen-bond acceptors (Lipinski definition) is 1. The first kappa shape index (κ1) is 12.2. The molecule has 0 radical (unpaired) electrons. The minimum atomic E-state index is -0.385. The van der Waals surface area contributed by atoms with Gasteiger partial charge in [0.2, 0.25) is 0 Å². The summed E-state index contributed by atoms with van der Waals surface area (Å²) in [6, 6.07) is 4.61. The van der Waals surface area contributed by atoms with Crippen LogP contribution in [0.3, 0.4) is 0 Å². The van der Waals surface area contributed by atoms with Crippen molar-refractivity contribution in [1.82, 2.24) is 5.32 Å². The molecule has 1 aromatic rings. The molecule has 0 aromatic heterocycles. The highest BCUT2D eigenvalue weighted by molar-refractivity contribution is 9.10. The lowest BCUT2D eigenvalue weighted by atomic mass is 10.1. The molecule has 0 atom stereocenters. The molecule has 96 valence electrons. The molecular formula is C14H15BrFNO. The molecule has 2 saturated carbocycles. The van der Waals surface area contributed by atoms with Crippen molar-refractivity contribution in [2.45, 2.75) is 31.7 Å². The highest BCUT2D eigenvalue weighted by Gasteiger charge is 2.42. The molecule has 3 rings (SSSR count). The van der Waals surface area contributed by atoms with E-state index in [0.717, 1.165) is 0 Å². The van der Waals surface area contributed by atoms with E-state index < -0.39 is 0 Å². The Morgan fingerprint density at radius 1 is 1.22 bits per heavy atom. The normalized spacial score (nSPS) is 19.1. The van der Waals surface area contributed by atoms with E-state index in [9.17, 15) is 9.18 Å². The molecule has 18 heavy (non-hydrogen) atoms. The van der Waals surface area contributed by atoms with Gasteiger partial charge in [0.1, 0.15) is 5.82 Å². The fourth-order valence-corrected chi connectivity index (χ4v) is 2.92. The molecule has 0 bridgehead atoms. The third-order valence-electron chi connectivity index (χ3n) is 3.68. The van der Waals surface area contributed by atoms with Gasteiger partial charge in [-0.25, -0.2) is 4.39 Å². The number of benzene rings is 1. The van der Waals surface area contributed by atoms with E-state index in [0.29, 0.717) is 27.9 Å². The zero-order valence-electron chi connectivity index (χ0n) is 9.96. The highest BCUT2D eigenvalue weighted by atomic mass is 79.9. The van der Waals surface area contributed by atoms with E-state index in [1.807, 2.05) is 0 Å². The zero-order valence-corrected chi connectivity index (χ0v) is 11.5. The van der Waals surface area contributed by atoms with Crippen LogP contribution in [0.5, 0.6) is 0 Å². The van der Waals surface area contributed by atoms with Crippen LogP contribution in [0.15, 0.2) is 22.7 Å². The Kier molecular flexibility index (Phi) is 3.14. The summed E-state index contributed by atoms with van der Waals surface area (Å²) in [5.74, 6) is 0.764. The first-order valence-electron chi connectivity index (χ1n) is 6.40. The molecule has 2 fully saturated rings. The Morgan fingerprint density at radius 3 is 2.33 bits per heavy atom. The average molecular weight is 312 g/mol. The topological polar surface area (TPSA) is 29.1 Å². The summed E-state index contributed by atoms with van der Waals surface area (Å²) in [4.78, 5) is 12.1. The van der Waals surface area contributed by atoms with Gasteiger partial charge in [0.15, 0.2) is 0 Å². The molecule has 4 heteroatoms. The van der Waals surface area contributed by atoms with Gasteiger partial charge in [0.05, 0.1) is 0 Å². The summed E-state index contributed by atoms with van der Waals surface area (Å²) >= 11 is 3.21. The number of nitrogens with one attached hydrogen (secondary N) is 1. The molecular weight excluding hydrogens is 297 g/mol. The summed E-state index contributed by atoms with van der Waals surface area (Å²) in [7, 11) is 0. The van der Waals surface area contributed by atoms with Gasteiger partial charge in [-0.05, 0) is 55.7 Å². The average Bonchev–Trinajstić information content (AvgIpc) is 3.14. The number of carbonyl (C=O) groups is 1. The first-order chi connectivity index (χ1) is 8.63. The summed E-state index contributed by atoms with van der Waals surface area (Å²) in [6.07, 6.45) is 4.87. The summed E-state index contributed by atoms with van der Waals surface area (Å²) in [6.45, 7) is 0. The molecule has 2 aliphatic rings. The zero-order chi connectivity index (χ0) is 12.7. The van der Waals surface area contributed by atoms with Crippen LogP contribution < -0.4 is 5.32 Å². The van der Waals surface area contributed by atoms with Crippen molar-refractivity contribution in [3.05, 3.63) is 34.1 Å². The highest BCUT2D eigenvalue weighted by Crippen LogP contribution is 2.44. The lowest BCUT2D eigenvalue weighted by Gasteiger charge is -2.17. The molecule has 1 N–H and O–H groups in total. The fraction of sp³-hybridized carbons (Fsp3) is 0.500. The number of rotatable bonds is 4. The largest absolute Gasteiger partial charge is 0.349 e. The van der Waals surface area contributed by atoms with Gasteiger partial charge < -0.3 is 5.32 Å². The quantitative estimate of drug-likeness (QED) is 0.906. The molecule has 2 aliphatic carbocycles. The van der Waals surface area contributed by atoms with Gasteiger partial charge in [-0.3, -0.25) is 4.79 Å². The maximum absolute atomic E-state index is 13.3. The third kappa shape index (κ3) is 2.74. The van der Waals surface area contributed by atoms with Crippen molar-refractivity contribution in [2.75, 3.05) is 0 Å². The van der Waals surface area contributed by atoms with E-state index in [2.05, 4.69) is 21.2 Å². The van der Waals surface area contributed by atoms with Crippen molar-refractivity contribution in [2.24, 2.45) is 11.8 Å². The van der Waals surface area contributed by atoms with Crippen LogP contribution >= 0.6 is 15.9 Å². The molecule has 0 spiro atoms. The van der Waals surface area contributed by atoms with Gasteiger partial charge in [-0.15, -0.1) is 0 Å². The Balaban J connectivity index is 1.72. The lowest BCUT2D eigenvalue weighted by molar-refractivity contribution is 0.0926. The Hall–Kier alpha value is -0.900. The molecule has 1 amide bonds.